The topological polar surface area (TPSA) is 109 Å². The molecule has 34 heavy (non-hydrogen) atoms. The number of benzene rings is 2. The molecule has 1 amide bonds. The van der Waals surface area contributed by atoms with Crippen molar-refractivity contribution >= 4 is 28.5 Å². The summed E-state index contributed by atoms with van der Waals surface area (Å²) in [5, 5.41) is 3.27. The average Bonchev–Trinajstić information content (AvgIpc) is 3.69. The van der Waals surface area contributed by atoms with Gasteiger partial charge in [-0.15, -0.1) is 0 Å². The SMILES string of the molecule is O=C(COC(=O)CCc1nc2ccccc2c(=O)n1C1CC1)Nc1ccc2c(c1)OCCCO2. The van der Waals surface area contributed by atoms with Gasteiger partial charge in [0, 0.05) is 30.6 Å². The van der Waals surface area contributed by atoms with Gasteiger partial charge in [0.05, 0.1) is 30.5 Å². The first-order valence-corrected chi connectivity index (χ1v) is 11.4. The highest BCUT2D eigenvalue weighted by atomic mass is 16.5. The summed E-state index contributed by atoms with van der Waals surface area (Å²) in [5.41, 5.74) is 1.06. The Morgan fingerprint density at radius 1 is 1.09 bits per heavy atom. The fraction of sp³-hybridized carbons (Fsp3) is 0.360. The zero-order valence-electron chi connectivity index (χ0n) is 18.6. The minimum absolute atomic E-state index is 0.0226. The van der Waals surface area contributed by atoms with E-state index >= 15 is 0 Å². The lowest BCUT2D eigenvalue weighted by atomic mass is 10.2. The van der Waals surface area contributed by atoms with Crippen LogP contribution in [0.15, 0.2) is 47.3 Å². The second-order valence-electron chi connectivity index (χ2n) is 8.37. The van der Waals surface area contributed by atoms with Crippen molar-refractivity contribution in [3.8, 4) is 11.5 Å². The van der Waals surface area contributed by atoms with E-state index in [9.17, 15) is 14.4 Å². The molecule has 9 heteroatoms. The summed E-state index contributed by atoms with van der Waals surface area (Å²) >= 11 is 0. The van der Waals surface area contributed by atoms with Gasteiger partial charge in [0.1, 0.15) is 5.82 Å². The molecule has 0 spiro atoms. The average molecular weight is 463 g/mol. The van der Waals surface area contributed by atoms with E-state index in [0.29, 0.717) is 47.1 Å². The van der Waals surface area contributed by atoms with Gasteiger partial charge < -0.3 is 19.5 Å². The van der Waals surface area contributed by atoms with Crippen molar-refractivity contribution in [3.05, 3.63) is 58.6 Å². The molecule has 0 radical (unpaired) electrons. The van der Waals surface area contributed by atoms with Crippen molar-refractivity contribution in [2.24, 2.45) is 0 Å². The fourth-order valence-corrected chi connectivity index (χ4v) is 3.95. The molecule has 0 saturated heterocycles. The maximum Gasteiger partial charge on any atom is 0.306 e. The smallest absolute Gasteiger partial charge is 0.306 e. The Kier molecular flexibility index (Phi) is 6.16. The molecule has 1 aliphatic carbocycles. The molecule has 1 N–H and O–H groups in total. The Balaban J connectivity index is 1.17. The van der Waals surface area contributed by atoms with Gasteiger partial charge in [-0.2, -0.15) is 0 Å². The summed E-state index contributed by atoms with van der Waals surface area (Å²) in [6.45, 7) is 0.719. The van der Waals surface area contributed by atoms with Crippen LogP contribution in [-0.2, 0) is 20.7 Å². The van der Waals surface area contributed by atoms with Crippen LogP contribution in [0.1, 0.15) is 37.5 Å². The zero-order chi connectivity index (χ0) is 23.5. The van der Waals surface area contributed by atoms with Crippen LogP contribution < -0.4 is 20.3 Å². The van der Waals surface area contributed by atoms with Gasteiger partial charge >= 0.3 is 5.97 Å². The summed E-state index contributed by atoms with van der Waals surface area (Å²) in [5.74, 6) is 0.783. The van der Waals surface area contributed by atoms with Gasteiger partial charge in [0.2, 0.25) is 0 Å². The first-order chi connectivity index (χ1) is 16.6. The molecule has 1 fully saturated rings. The number of carbonyl (C=O) groups is 2. The Morgan fingerprint density at radius 3 is 2.71 bits per heavy atom. The molecular weight excluding hydrogens is 438 g/mol. The monoisotopic (exact) mass is 463 g/mol. The van der Waals surface area contributed by atoms with Crippen LogP contribution in [0.25, 0.3) is 10.9 Å². The molecular formula is C25H25N3O6. The highest BCUT2D eigenvalue weighted by Crippen LogP contribution is 2.35. The highest BCUT2D eigenvalue weighted by molar-refractivity contribution is 5.93. The number of esters is 1. The quantitative estimate of drug-likeness (QED) is 0.537. The minimum Gasteiger partial charge on any atom is -0.490 e. The summed E-state index contributed by atoms with van der Waals surface area (Å²) in [4.78, 5) is 42.1. The van der Waals surface area contributed by atoms with Crippen LogP contribution in [0.4, 0.5) is 5.69 Å². The Bertz CT molecular complexity index is 1300. The van der Waals surface area contributed by atoms with Gasteiger partial charge in [-0.05, 0) is 37.1 Å². The van der Waals surface area contributed by atoms with Crippen LogP contribution in [-0.4, -0.2) is 41.2 Å². The van der Waals surface area contributed by atoms with Gasteiger partial charge in [-0.25, -0.2) is 4.98 Å². The maximum atomic E-state index is 12.9. The zero-order valence-corrected chi connectivity index (χ0v) is 18.6. The number of rotatable bonds is 7. The number of amides is 1. The summed E-state index contributed by atoms with van der Waals surface area (Å²) in [6.07, 6.45) is 2.93. The van der Waals surface area contributed by atoms with E-state index in [0.717, 1.165) is 19.3 Å². The molecule has 1 aromatic heterocycles. The third kappa shape index (κ3) is 4.88. The molecule has 2 aromatic carbocycles. The Labute approximate surface area is 195 Å². The number of fused-ring (bicyclic) bond motifs is 2. The van der Waals surface area contributed by atoms with E-state index in [2.05, 4.69) is 10.3 Å². The van der Waals surface area contributed by atoms with E-state index in [1.807, 2.05) is 12.1 Å². The molecule has 2 heterocycles. The van der Waals surface area contributed by atoms with E-state index < -0.39 is 18.5 Å². The number of para-hydroxylation sites is 1. The third-order valence-corrected chi connectivity index (χ3v) is 5.74. The van der Waals surface area contributed by atoms with Gasteiger partial charge in [-0.1, -0.05) is 12.1 Å². The molecule has 1 aliphatic heterocycles. The van der Waals surface area contributed by atoms with Crippen LogP contribution >= 0.6 is 0 Å². The first kappa shape index (κ1) is 21.9. The summed E-state index contributed by atoms with van der Waals surface area (Å²) < 4.78 is 18.0. The van der Waals surface area contributed by atoms with E-state index in [-0.39, 0.29) is 24.4 Å². The van der Waals surface area contributed by atoms with E-state index in [1.165, 1.54) is 0 Å². The number of nitrogens with one attached hydrogen (secondary N) is 1. The van der Waals surface area contributed by atoms with Crippen LogP contribution in [0.3, 0.4) is 0 Å². The first-order valence-electron chi connectivity index (χ1n) is 11.4. The lowest BCUT2D eigenvalue weighted by Crippen LogP contribution is -2.25. The van der Waals surface area contributed by atoms with E-state index in [1.54, 1.807) is 34.9 Å². The number of anilines is 1. The second-order valence-corrected chi connectivity index (χ2v) is 8.37. The van der Waals surface area contributed by atoms with Crippen molar-refractivity contribution in [1.82, 2.24) is 9.55 Å². The molecule has 176 valence electrons. The highest BCUT2D eigenvalue weighted by Gasteiger charge is 2.28. The lowest BCUT2D eigenvalue weighted by Gasteiger charge is -2.13. The predicted molar refractivity (Wildman–Crippen MR) is 124 cm³/mol. The van der Waals surface area contributed by atoms with Crippen molar-refractivity contribution in [1.29, 1.82) is 0 Å². The Hall–Kier alpha value is -3.88. The maximum absolute atomic E-state index is 12.9. The van der Waals surface area contributed by atoms with Crippen molar-refractivity contribution < 1.29 is 23.8 Å². The molecule has 3 aromatic rings. The lowest BCUT2D eigenvalue weighted by molar-refractivity contribution is -0.147. The number of hydrogen-bond donors (Lipinski definition) is 1. The number of nitrogens with zero attached hydrogens (tertiary/aromatic N) is 2. The van der Waals surface area contributed by atoms with Crippen molar-refractivity contribution in [3.63, 3.8) is 0 Å². The predicted octanol–water partition coefficient (Wildman–Crippen LogP) is 3.01. The summed E-state index contributed by atoms with van der Waals surface area (Å²) in [6, 6.07) is 12.5. The van der Waals surface area contributed by atoms with Crippen molar-refractivity contribution in [2.45, 2.75) is 38.1 Å². The number of aromatic nitrogens is 2. The van der Waals surface area contributed by atoms with Gasteiger partial charge in [0.15, 0.2) is 18.1 Å². The molecule has 2 aliphatic rings. The number of hydrogen-bond acceptors (Lipinski definition) is 7. The standard InChI is InChI=1S/C25H25N3O6/c29-23(26-16-6-9-20-21(14-16)33-13-3-12-32-20)15-34-24(30)11-10-22-27-19-5-2-1-4-18(19)25(31)28(22)17-7-8-17/h1-2,4-6,9,14,17H,3,7-8,10-13,15H2,(H,26,29). The third-order valence-electron chi connectivity index (χ3n) is 5.74. The molecule has 0 unspecified atom stereocenters. The minimum atomic E-state index is -0.529. The number of carbonyl (C=O) groups excluding carboxylic acids is 2. The van der Waals surface area contributed by atoms with Crippen molar-refractivity contribution in [2.75, 3.05) is 25.1 Å². The molecule has 9 nitrogen and oxygen atoms in total. The molecule has 0 atom stereocenters. The number of ether oxygens (including phenoxy) is 3. The van der Waals surface area contributed by atoms with Crippen LogP contribution in [0.2, 0.25) is 0 Å². The Morgan fingerprint density at radius 2 is 1.88 bits per heavy atom. The molecule has 1 saturated carbocycles. The normalized spacial score (nSPS) is 14.9. The number of aryl methyl sites for hydroxylation is 1. The second kappa shape index (κ2) is 9.54. The fourth-order valence-electron chi connectivity index (χ4n) is 3.95. The largest absolute Gasteiger partial charge is 0.490 e. The van der Waals surface area contributed by atoms with Gasteiger partial charge in [0.25, 0.3) is 11.5 Å². The molecule has 5 rings (SSSR count). The van der Waals surface area contributed by atoms with Gasteiger partial charge in [-0.3, -0.25) is 19.0 Å². The van der Waals surface area contributed by atoms with Crippen LogP contribution in [0.5, 0.6) is 11.5 Å². The van der Waals surface area contributed by atoms with E-state index in [4.69, 9.17) is 14.2 Å². The molecule has 0 bridgehead atoms. The summed E-state index contributed by atoms with van der Waals surface area (Å²) in [7, 11) is 0. The van der Waals surface area contributed by atoms with Crippen LogP contribution in [0, 0.1) is 0 Å².